The number of fused-ring (bicyclic) bond motifs is 1. The van der Waals surface area contributed by atoms with Crippen molar-refractivity contribution in [2.75, 3.05) is 0 Å². The van der Waals surface area contributed by atoms with Crippen LogP contribution in [0.25, 0.3) is 11.0 Å². The second-order valence-corrected chi connectivity index (χ2v) is 5.40. The van der Waals surface area contributed by atoms with E-state index in [2.05, 4.69) is 39.7 Å². The first-order valence-electron chi connectivity index (χ1n) is 5.67. The van der Waals surface area contributed by atoms with Gasteiger partial charge in [-0.15, -0.1) is 22.9 Å². The van der Waals surface area contributed by atoms with Gasteiger partial charge in [0.05, 0.1) is 29.0 Å². The van der Waals surface area contributed by atoms with Crippen LogP contribution in [0.15, 0.2) is 29.9 Å². The lowest BCUT2D eigenvalue weighted by Gasteiger charge is -2.05. The Balaban J connectivity index is 2.17. The first-order valence-corrected chi connectivity index (χ1v) is 7.09. The normalized spacial score (nSPS) is 11.2. The number of hydrogen-bond donors (Lipinski definition) is 0. The first kappa shape index (κ1) is 11.7. The van der Waals surface area contributed by atoms with E-state index in [1.165, 1.54) is 10.4 Å². The van der Waals surface area contributed by atoms with E-state index in [-0.39, 0.29) is 0 Å². The monoisotopic (exact) mass is 277 g/mol. The second-order valence-electron chi connectivity index (χ2n) is 4.16. The van der Waals surface area contributed by atoms with Crippen LogP contribution in [0.3, 0.4) is 0 Å². The molecular weight excluding hydrogens is 266 g/mol. The van der Waals surface area contributed by atoms with E-state index >= 15 is 0 Å². The van der Waals surface area contributed by atoms with Crippen molar-refractivity contribution in [1.29, 1.82) is 0 Å². The predicted molar refractivity (Wildman–Crippen MR) is 75.2 cm³/mol. The summed E-state index contributed by atoms with van der Waals surface area (Å²) in [6, 6.07) is 6.22. The number of rotatable bonds is 3. The molecule has 5 heteroatoms. The fourth-order valence-electron chi connectivity index (χ4n) is 2.09. The number of aryl methyl sites for hydroxylation is 1. The summed E-state index contributed by atoms with van der Waals surface area (Å²) < 4.78 is 2.17. The summed E-state index contributed by atoms with van der Waals surface area (Å²) in [5, 5.41) is 0. The number of thiazole rings is 1. The summed E-state index contributed by atoms with van der Waals surface area (Å²) >= 11 is 7.65. The molecule has 0 saturated heterocycles. The quantitative estimate of drug-likeness (QED) is 0.685. The van der Waals surface area contributed by atoms with Crippen molar-refractivity contribution >= 4 is 34.0 Å². The SMILES string of the molecule is Cc1cccc2c1nc(CCl)n2Cc1cncs1. The summed E-state index contributed by atoms with van der Waals surface area (Å²) in [5.74, 6) is 1.33. The molecule has 0 unspecified atom stereocenters. The molecule has 2 aromatic heterocycles. The molecule has 0 spiro atoms. The molecule has 0 saturated carbocycles. The van der Waals surface area contributed by atoms with Gasteiger partial charge in [-0.3, -0.25) is 4.98 Å². The molecule has 2 heterocycles. The lowest BCUT2D eigenvalue weighted by Crippen LogP contribution is -2.02. The zero-order valence-electron chi connectivity index (χ0n) is 9.93. The Morgan fingerprint density at radius 1 is 1.39 bits per heavy atom. The summed E-state index contributed by atoms with van der Waals surface area (Å²) in [4.78, 5) is 9.94. The number of benzene rings is 1. The van der Waals surface area contributed by atoms with E-state index in [9.17, 15) is 0 Å². The maximum absolute atomic E-state index is 6.00. The third kappa shape index (κ3) is 1.91. The number of hydrogen-bond acceptors (Lipinski definition) is 3. The average Bonchev–Trinajstić information content (AvgIpc) is 2.99. The highest BCUT2D eigenvalue weighted by Gasteiger charge is 2.12. The van der Waals surface area contributed by atoms with E-state index in [0.717, 1.165) is 23.4 Å². The highest BCUT2D eigenvalue weighted by atomic mass is 35.5. The fraction of sp³-hybridized carbons (Fsp3) is 0.231. The van der Waals surface area contributed by atoms with E-state index < -0.39 is 0 Å². The van der Waals surface area contributed by atoms with E-state index in [1.54, 1.807) is 11.3 Å². The minimum absolute atomic E-state index is 0.424. The fourth-order valence-corrected chi connectivity index (χ4v) is 2.88. The number of nitrogens with zero attached hydrogens (tertiary/aromatic N) is 3. The number of aromatic nitrogens is 3. The maximum atomic E-state index is 6.00. The molecule has 0 N–H and O–H groups in total. The van der Waals surface area contributed by atoms with Crippen molar-refractivity contribution in [2.45, 2.75) is 19.3 Å². The zero-order valence-corrected chi connectivity index (χ0v) is 11.5. The predicted octanol–water partition coefficient (Wildman–Crippen LogP) is 3.59. The molecule has 0 bridgehead atoms. The van der Waals surface area contributed by atoms with Gasteiger partial charge in [0.25, 0.3) is 0 Å². The lowest BCUT2D eigenvalue weighted by molar-refractivity contribution is 0.787. The Kier molecular flexibility index (Phi) is 3.06. The largest absolute Gasteiger partial charge is 0.322 e. The van der Waals surface area contributed by atoms with Gasteiger partial charge >= 0.3 is 0 Å². The van der Waals surface area contributed by atoms with Crippen molar-refractivity contribution in [3.05, 3.63) is 46.2 Å². The molecule has 18 heavy (non-hydrogen) atoms. The van der Waals surface area contributed by atoms with Crippen molar-refractivity contribution in [3.8, 4) is 0 Å². The molecule has 3 aromatic rings. The Hall–Kier alpha value is -1.39. The summed E-state index contributed by atoms with van der Waals surface area (Å²) in [7, 11) is 0. The molecule has 0 amide bonds. The van der Waals surface area contributed by atoms with Gasteiger partial charge in [-0.25, -0.2) is 4.98 Å². The number of alkyl halides is 1. The minimum atomic E-state index is 0.424. The van der Waals surface area contributed by atoms with Gasteiger partial charge in [0.15, 0.2) is 0 Å². The molecule has 3 nitrogen and oxygen atoms in total. The van der Waals surface area contributed by atoms with Gasteiger partial charge in [0, 0.05) is 11.1 Å². The van der Waals surface area contributed by atoms with Crippen molar-refractivity contribution in [3.63, 3.8) is 0 Å². The second kappa shape index (κ2) is 4.71. The molecule has 0 aliphatic heterocycles. The van der Waals surface area contributed by atoms with Crippen LogP contribution in [0.5, 0.6) is 0 Å². The van der Waals surface area contributed by atoms with Crippen LogP contribution < -0.4 is 0 Å². The summed E-state index contributed by atoms with van der Waals surface area (Å²) in [6.07, 6.45) is 1.89. The smallest absolute Gasteiger partial charge is 0.125 e. The third-order valence-electron chi connectivity index (χ3n) is 2.98. The molecule has 1 aromatic carbocycles. The Morgan fingerprint density at radius 2 is 2.28 bits per heavy atom. The lowest BCUT2D eigenvalue weighted by atomic mass is 10.2. The highest BCUT2D eigenvalue weighted by molar-refractivity contribution is 7.09. The molecule has 0 aliphatic rings. The molecule has 3 rings (SSSR count). The van der Waals surface area contributed by atoms with Gasteiger partial charge in [-0.2, -0.15) is 0 Å². The van der Waals surface area contributed by atoms with Crippen molar-refractivity contribution < 1.29 is 0 Å². The van der Waals surface area contributed by atoms with Gasteiger partial charge < -0.3 is 4.57 Å². The molecule has 0 radical (unpaired) electrons. The maximum Gasteiger partial charge on any atom is 0.125 e. The van der Waals surface area contributed by atoms with Gasteiger partial charge in [0.1, 0.15) is 5.82 Å². The van der Waals surface area contributed by atoms with E-state index in [1.807, 2.05) is 11.7 Å². The van der Waals surface area contributed by atoms with E-state index in [4.69, 9.17) is 11.6 Å². The van der Waals surface area contributed by atoms with Crippen LogP contribution in [0.4, 0.5) is 0 Å². The number of imidazole rings is 1. The average molecular weight is 278 g/mol. The Morgan fingerprint density at radius 3 is 3.00 bits per heavy atom. The number of halogens is 1. The van der Waals surface area contributed by atoms with E-state index in [0.29, 0.717) is 5.88 Å². The van der Waals surface area contributed by atoms with Crippen LogP contribution in [0.1, 0.15) is 16.3 Å². The zero-order chi connectivity index (χ0) is 12.5. The molecule has 0 atom stereocenters. The molecule has 0 aliphatic carbocycles. The van der Waals surface area contributed by atoms with Crippen molar-refractivity contribution in [1.82, 2.24) is 14.5 Å². The van der Waals surface area contributed by atoms with Crippen molar-refractivity contribution in [2.24, 2.45) is 0 Å². The molecule has 0 fully saturated rings. The van der Waals surface area contributed by atoms with Gasteiger partial charge in [0.2, 0.25) is 0 Å². The topological polar surface area (TPSA) is 30.7 Å². The highest BCUT2D eigenvalue weighted by Crippen LogP contribution is 2.22. The van der Waals surface area contributed by atoms with Crippen LogP contribution in [0.2, 0.25) is 0 Å². The minimum Gasteiger partial charge on any atom is -0.322 e. The molecule has 92 valence electrons. The van der Waals surface area contributed by atoms with Crippen LogP contribution in [-0.2, 0) is 12.4 Å². The standard InChI is InChI=1S/C13H12ClN3S/c1-9-3-2-4-11-13(9)16-12(5-14)17(11)7-10-6-15-8-18-10/h2-4,6,8H,5,7H2,1H3. The van der Waals surface area contributed by atoms with Crippen LogP contribution in [0, 0.1) is 6.92 Å². The first-order chi connectivity index (χ1) is 8.79. The summed E-state index contributed by atoms with van der Waals surface area (Å²) in [5.41, 5.74) is 5.21. The third-order valence-corrected chi connectivity index (χ3v) is 3.98. The Labute approximate surface area is 114 Å². The Bertz CT molecular complexity index is 673. The van der Waals surface area contributed by atoms with Crippen LogP contribution in [-0.4, -0.2) is 14.5 Å². The van der Waals surface area contributed by atoms with Gasteiger partial charge in [-0.1, -0.05) is 12.1 Å². The molecular formula is C13H12ClN3S. The summed E-state index contributed by atoms with van der Waals surface area (Å²) in [6.45, 7) is 2.86. The van der Waals surface area contributed by atoms with Gasteiger partial charge in [-0.05, 0) is 18.6 Å². The van der Waals surface area contributed by atoms with Crippen LogP contribution >= 0.6 is 22.9 Å². The number of para-hydroxylation sites is 1.